The molecular formula is H8N2O7U2-12. The van der Waals surface area contributed by atoms with Crippen LogP contribution >= 0.6 is 0 Å². The van der Waals surface area contributed by atoms with Crippen molar-refractivity contribution in [2.45, 2.75) is 0 Å². The van der Waals surface area contributed by atoms with Crippen LogP contribution in [-0.4, -0.2) is 0 Å². The molecule has 11 heavy (non-hydrogen) atoms. The summed E-state index contributed by atoms with van der Waals surface area (Å²) >= 11 is 0. The Hall–Kier alpha value is 1.74. The fourth-order valence-electron chi connectivity index (χ4n) is 0. The Bertz CT molecular complexity index is 14.4. The molecule has 0 unspecified atom stereocenters. The van der Waals surface area contributed by atoms with Crippen LogP contribution in [0, 0.1) is 62.2 Å². The summed E-state index contributed by atoms with van der Waals surface area (Å²) in [5.74, 6) is 0. The molecule has 0 saturated heterocycles. The predicted octanol–water partition coefficient (Wildman–Crippen LogP) is -0.0792. The van der Waals surface area contributed by atoms with Crippen molar-refractivity contribution in [1.82, 2.24) is 12.3 Å². The van der Waals surface area contributed by atoms with Crippen LogP contribution in [0.5, 0.6) is 0 Å². The Morgan fingerprint density at radius 3 is 0.273 bits per heavy atom. The molecule has 0 atom stereocenters. The smallest absolute Gasteiger partial charge is 0 e. The second-order valence-electron chi connectivity index (χ2n) is 0. The van der Waals surface area contributed by atoms with Gasteiger partial charge in [-0.25, -0.2) is 0 Å². The Labute approximate surface area is 112 Å². The molecule has 0 amide bonds. The molecule has 0 aromatic rings. The van der Waals surface area contributed by atoms with Gasteiger partial charge >= 0.3 is 0 Å². The Morgan fingerprint density at radius 1 is 0.273 bits per heavy atom. The first kappa shape index (κ1) is 578. The first-order valence-corrected chi connectivity index (χ1v) is 0. The van der Waals surface area contributed by atoms with E-state index in [2.05, 4.69) is 0 Å². The standard InChI is InChI=1S/2H3N.7O.2U/h2*1H3;;;;;;;;;/q;;7*-2;;/p+2. The van der Waals surface area contributed by atoms with Gasteiger partial charge in [0.05, 0.1) is 0 Å². The van der Waals surface area contributed by atoms with Gasteiger partial charge in [-0.05, 0) is 0 Å². The third-order valence-corrected chi connectivity index (χ3v) is 0. The topological polar surface area (TPSA) is 272 Å². The van der Waals surface area contributed by atoms with Crippen molar-refractivity contribution in [1.29, 1.82) is 0 Å². The summed E-state index contributed by atoms with van der Waals surface area (Å²) in [6.45, 7) is 0. The van der Waals surface area contributed by atoms with Crippen molar-refractivity contribution in [3.63, 3.8) is 0 Å². The maximum absolute atomic E-state index is 0. The SMILES string of the molecule is [NH4+].[NH4+].[O-2].[O-2].[O-2].[O-2].[O-2].[O-2].[O-2].[U].[U]. The van der Waals surface area contributed by atoms with E-state index in [1.54, 1.807) is 0 Å². The molecule has 0 bridgehead atoms. The fourth-order valence-corrected chi connectivity index (χ4v) is 0. The van der Waals surface area contributed by atoms with E-state index in [1.807, 2.05) is 0 Å². The zero-order valence-electron chi connectivity index (χ0n) is 5.86. The van der Waals surface area contributed by atoms with Crippen molar-refractivity contribution >= 4 is 0 Å². The minimum atomic E-state index is 0. The van der Waals surface area contributed by atoms with E-state index in [4.69, 9.17) is 0 Å². The third kappa shape index (κ3) is 367. The van der Waals surface area contributed by atoms with Gasteiger partial charge in [-0.1, -0.05) is 0 Å². The molecule has 80 valence electrons. The van der Waals surface area contributed by atoms with Gasteiger partial charge in [0.1, 0.15) is 0 Å². The summed E-state index contributed by atoms with van der Waals surface area (Å²) in [4.78, 5) is 0. The van der Waals surface area contributed by atoms with Gasteiger partial charge in [0.2, 0.25) is 0 Å². The normalized spacial score (nSPS) is 0. The Balaban J connectivity index is 0. The summed E-state index contributed by atoms with van der Waals surface area (Å²) in [5.41, 5.74) is 0. The minimum absolute atomic E-state index is 0. The molecule has 0 rings (SSSR count). The zero-order valence-corrected chi connectivity index (χ0v) is 14.2. The van der Waals surface area contributed by atoms with E-state index in [0.29, 0.717) is 0 Å². The molecule has 0 aliphatic carbocycles. The van der Waals surface area contributed by atoms with Gasteiger partial charge in [-0.3, -0.25) is 0 Å². The largest absolute Gasteiger partial charge is 2.00 e. The van der Waals surface area contributed by atoms with Gasteiger partial charge in [0.25, 0.3) is 0 Å². The van der Waals surface area contributed by atoms with E-state index in [1.165, 1.54) is 0 Å². The zero-order chi connectivity index (χ0) is 0. The van der Waals surface area contributed by atoms with Crippen LogP contribution in [0.25, 0.3) is 0 Å². The molecule has 0 spiro atoms. The predicted molar refractivity (Wildman–Crippen MR) is 16.8 cm³/mol. The fraction of sp³-hybridized carbons (Fsp3) is 0. The van der Waals surface area contributed by atoms with Crippen LogP contribution in [-0.2, 0) is 38.3 Å². The molecule has 0 aromatic heterocycles. The quantitative estimate of drug-likeness (QED) is 0.358. The molecule has 8 N–H and O–H groups in total. The average Bonchev–Trinajstić information content (AvgIpc) is 0. The van der Waals surface area contributed by atoms with Crippen molar-refractivity contribution in [3.05, 3.63) is 0 Å². The first-order valence-electron chi connectivity index (χ1n) is 0. The van der Waals surface area contributed by atoms with Crippen molar-refractivity contribution in [3.8, 4) is 0 Å². The second-order valence-corrected chi connectivity index (χ2v) is 0. The van der Waals surface area contributed by atoms with Gasteiger partial charge < -0.3 is 50.6 Å². The van der Waals surface area contributed by atoms with Crippen LogP contribution in [0.4, 0.5) is 0 Å². The van der Waals surface area contributed by atoms with Crippen LogP contribution in [0.2, 0.25) is 0 Å². The summed E-state index contributed by atoms with van der Waals surface area (Å²) in [7, 11) is 0. The van der Waals surface area contributed by atoms with Gasteiger partial charge in [0.15, 0.2) is 0 Å². The molecule has 0 radical (unpaired) electrons. The molecule has 9 nitrogen and oxygen atoms in total. The minimum Gasteiger partial charge on any atom is -2.00 e. The Morgan fingerprint density at radius 2 is 0.273 bits per heavy atom. The monoisotopic (exact) mass is 624 g/mol. The third-order valence-electron chi connectivity index (χ3n) is 0. The van der Waals surface area contributed by atoms with Crippen LogP contribution in [0.15, 0.2) is 0 Å². The second kappa shape index (κ2) is 446. The summed E-state index contributed by atoms with van der Waals surface area (Å²) < 4.78 is 0. The van der Waals surface area contributed by atoms with E-state index in [-0.39, 0.29) is 113 Å². The van der Waals surface area contributed by atoms with Crippen molar-refractivity contribution in [2.24, 2.45) is 0 Å². The van der Waals surface area contributed by atoms with Crippen LogP contribution in [0.3, 0.4) is 0 Å². The van der Waals surface area contributed by atoms with E-state index in [9.17, 15) is 0 Å². The van der Waals surface area contributed by atoms with Gasteiger partial charge in [0, 0.05) is 62.2 Å². The molecule has 0 aliphatic heterocycles. The summed E-state index contributed by atoms with van der Waals surface area (Å²) in [6.07, 6.45) is 0. The van der Waals surface area contributed by atoms with E-state index in [0.717, 1.165) is 0 Å². The maximum atomic E-state index is 0. The van der Waals surface area contributed by atoms with Crippen molar-refractivity contribution in [2.75, 3.05) is 0 Å². The van der Waals surface area contributed by atoms with E-state index < -0.39 is 0 Å². The molecule has 0 saturated carbocycles. The molecule has 0 aliphatic rings. The molecule has 0 heterocycles. The summed E-state index contributed by atoms with van der Waals surface area (Å²) in [5, 5.41) is 0. The van der Waals surface area contributed by atoms with Gasteiger partial charge in [-0.2, -0.15) is 0 Å². The average molecular weight is 624 g/mol. The molecule has 0 fully saturated rings. The number of hydrogen-bond donors (Lipinski definition) is 2. The maximum Gasteiger partial charge on any atom is 0 e. The molecule has 11 heteroatoms. The van der Waals surface area contributed by atoms with Gasteiger partial charge in [-0.15, -0.1) is 0 Å². The molecular weight excluding hydrogens is 616 g/mol. The van der Waals surface area contributed by atoms with Crippen molar-refractivity contribution < 1.29 is 101 Å². The van der Waals surface area contributed by atoms with E-state index >= 15 is 0 Å². The van der Waals surface area contributed by atoms with Crippen LogP contribution < -0.4 is 12.3 Å². The number of hydrogen-bond acceptors (Lipinski definition) is 0. The number of rotatable bonds is 0. The Kier molecular flexibility index (Phi) is 23400. The first-order chi connectivity index (χ1) is 0. The van der Waals surface area contributed by atoms with Crippen LogP contribution in [0.1, 0.15) is 0 Å². The summed E-state index contributed by atoms with van der Waals surface area (Å²) in [6, 6.07) is 0. The molecule has 0 aromatic carbocycles. The number of quaternary nitrogens is 2.